The van der Waals surface area contributed by atoms with Crippen LogP contribution < -0.4 is 28.6 Å². The fourth-order valence-electron chi connectivity index (χ4n) is 2.97. The van der Waals surface area contributed by atoms with E-state index in [9.17, 15) is 4.79 Å². The van der Waals surface area contributed by atoms with Gasteiger partial charge in [0.05, 0.1) is 0 Å². The van der Waals surface area contributed by atoms with Gasteiger partial charge < -0.3 is 24.8 Å². The van der Waals surface area contributed by atoms with Crippen LogP contribution in [-0.4, -0.2) is 12.6 Å². The Morgan fingerprint density at radius 1 is 1.16 bits per heavy atom. The molecular formula is C19H28Cl2NOSiTi. The standard InChI is InChI=1S/C11H15NO.C6H7.C2H7Si.2ClH.Ti/c1-11(2,3)9-7-5-4-6-8(9)10(12)13;1-6-4-2-3-5-6;1-3-2;;;/h4-7H,1-3H3,(H2,12,13);4-5H,2H2,1H3;3H,1-2H3;2*1H;/q;;;;;+3/p-3. The number of carbonyl (C=O) groups excluding carboxylic acids is 1. The number of carbonyl (C=O) groups is 1. The first-order valence-electron chi connectivity index (χ1n) is 8.35. The van der Waals surface area contributed by atoms with Crippen LogP contribution >= 0.6 is 0 Å². The summed E-state index contributed by atoms with van der Waals surface area (Å²) in [7, 11) is 0. The molecule has 0 heterocycles. The van der Waals surface area contributed by atoms with Gasteiger partial charge in [0.15, 0.2) is 0 Å². The Labute approximate surface area is 172 Å². The monoisotopic (exact) mass is 432 g/mol. The predicted octanol–water partition coefficient (Wildman–Crippen LogP) is -1.53. The smallest absolute Gasteiger partial charge is 1.00 e. The average molecular weight is 433 g/mol. The van der Waals surface area contributed by atoms with Crippen LogP contribution in [0.3, 0.4) is 0 Å². The van der Waals surface area contributed by atoms with Crippen LogP contribution in [-0.2, 0) is 22.8 Å². The van der Waals surface area contributed by atoms with E-state index in [1.54, 1.807) is 0 Å². The summed E-state index contributed by atoms with van der Waals surface area (Å²) in [6, 6.07) is 8.05. The molecule has 1 aromatic carbocycles. The molecule has 0 unspecified atom stereocenters. The fraction of sp³-hybridized carbons (Fsp3) is 0.421. The van der Waals surface area contributed by atoms with E-state index in [4.69, 9.17) is 0 Å². The zero-order valence-electron chi connectivity index (χ0n) is 15.9. The molecule has 1 aromatic rings. The molecule has 1 aliphatic carbocycles. The molecule has 0 fully saturated rings. The molecule has 1 aliphatic rings. The molecular weight excluding hydrogens is 405 g/mol. The van der Waals surface area contributed by atoms with Gasteiger partial charge in [0.25, 0.3) is 0 Å². The second-order valence-corrected chi connectivity index (χ2v) is 20.4. The van der Waals surface area contributed by atoms with Crippen LogP contribution in [0.4, 0.5) is 0 Å². The predicted molar refractivity (Wildman–Crippen MR) is 97.9 cm³/mol. The molecule has 2 nitrogen and oxygen atoms in total. The Balaban J connectivity index is 0.00000288. The molecule has 0 aliphatic heterocycles. The molecule has 0 atom stereocenters. The number of nitrogens with one attached hydrogen (secondary N) is 1. The number of rotatable bonds is 4. The molecule has 1 amide bonds. The maximum atomic E-state index is 13.0. The zero-order valence-corrected chi connectivity index (χ0v) is 20.1. The van der Waals surface area contributed by atoms with Crippen molar-refractivity contribution in [3.8, 4) is 0 Å². The normalized spacial score (nSPS) is 13.4. The summed E-state index contributed by atoms with van der Waals surface area (Å²) < 4.78 is 5.03. The van der Waals surface area contributed by atoms with Crippen LogP contribution in [0.15, 0.2) is 45.9 Å². The van der Waals surface area contributed by atoms with E-state index in [-0.39, 0.29) is 36.1 Å². The minimum atomic E-state index is -1.67. The summed E-state index contributed by atoms with van der Waals surface area (Å²) in [5.41, 5.74) is 3.32. The number of hydrogen-bond donors (Lipinski definition) is 1. The van der Waals surface area contributed by atoms with Gasteiger partial charge in [0.1, 0.15) is 0 Å². The molecule has 25 heavy (non-hydrogen) atoms. The molecule has 0 bridgehead atoms. The Morgan fingerprint density at radius 3 is 2.24 bits per heavy atom. The van der Waals surface area contributed by atoms with Gasteiger partial charge in [-0.1, -0.05) is 0 Å². The van der Waals surface area contributed by atoms with Crippen molar-refractivity contribution in [2.45, 2.75) is 52.6 Å². The van der Waals surface area contributed by atoms with E-state index in [0.29, 0.717) is 0 Å². The second kappa shape index (κ2) is 10.1. The minimum absolute atomic E-state index is 0. The first-order valence-corrected chi connectivity index (χ1v) is 15.5. The molecule has 1 N–H and O–H groups in total. The van der Waals surface area contributed by atoms with Gasteiger partial charge in [0, 0.05) is 0 Å². The summed E-state index contributed by atoms with van der Waals surface area (Å²) >= 11 is -1.67. The van der Waals surface area contributed by atoms with Crippen molar-refractivity contribution in [2.24, 2.45) is 0 Å². The number of allylic oxidation sites excluding steroid dienone is 4. The summed E-state index contributed by atoms with van der Waals surface area (Å²) in [4.78, 5) is 13.0. The zero-order chi connectivity index (χ0) is 17.2. The third kappa shape index (κ3) is 6.41. The SMILES string of the molecule is CC1=CC[C]([Ti+2]([NH]C(=O)c2ccccc2C(C)(C)C)[SiH](C)C)=C1.[Cl-].[Cl-]. The number of hydrogen-bond acceptors (Lipinski definition) is 1. The van der Waals surface area contributed by atoms with Crippen LogP contribution in [0, 0.1) is 0 Å². The quantitative estimate of drug-likeness (QED) is 0.574. The Hall–Kier alpha value is -0.319. The van der Waals surface area contributed by atoms with E-state index in [1.165, 1.54) is 9.45 Å². The van der Waals surface area contributed by atoms with E-state index < -0.39 is 24.0 Å². The van der Waals surface area contributed by atoms with Crippen LogP contribution in [0.25, 0.3) is 0 Å². The Morgan fingerprint density at radius 2 is 1.76 bits per heavy atom. The minimum Gasteiger partial charge on any atom is -1.00 e. The third-order valence-corrected chi connectivity index (χ3v) is 15.3. The first kappa shape index (κ1) is 24.7. The number of amides is 1. The van der Waals surface area contributed by atoms with Crippen molar-refractivity contribution >= 4 is 12.6 Å². The van der Waals surface area contributed by atoms with E-state index in [1.807, 2.05) is 18.2 Å². The van der Waals surface area contributed by atoms with E-state index >= 15 is 0 Å². The van der Waals surface area contributed by atoms with Gasteiger partial charge in [0.2, 0.25) is 0 Å². The molecule has 137 valence electrons. The topological polar surface area (TPSA) is 29.1 Å². The summed E-state index contributed by atoms with van der Waals surface area (Å²) in [5.74, 6) is 0.136. The van der Waals surface area contributed by atoms with Crippen molar-refractivity contribution in [1.82, 2.24) is 3.80 Å². The van der Waals surface area contributed by atoms with Gasteiger partial charge in [-0.05, 0) is 0 Å². The van der Waals surface area contributed by atoms with Gasteiger partial charge in [-0.15, -0.1) is 0 Å². The van der Waals surface area contributed by atoms with Crippen molar-refractivity contribution in [3.05, 3.63) is 57.0 Å². The summed E-state index contributed by atoms with van der Waals surface area (Å²) in [6.45, 7) is 12.5. The van der Waals surface area contributed by atoms with Gasteiger partial charge in [-0.25, -0.2) is 0 Å². The summed E-state index contributed by atoms with van der Waals surface area (Å²) in [5, 5.41) is 0. The van der Waals surface area contributed by atoms with Crippen LogP contribution in [0.5, 0.6) is 0 Å². The molecule has 0 saturated heterocycles. The average Bonchev–Trinajstić information content (AvgIpc) is 2.89. The molecule has 0 radical (unpaired) electrons. The Bertz CT molecular complexity index is 666. The largest absolute Gasteiger partial charge is 1.00 e. The fourth-order valence-corrected chi connectivity index (χ4v) is 12.1. The molecule has 2 rings (SSSR count). The van der Waals surface area contributed by atoms with E-state index in [2.05, 4.69) is 62.8 Å². The van der Waals surface area contributed by atoms with E-state index in [0.717, 1.165) is 17.5 Å². The van der Waals surface area contributed by atoms with Gasteiger partial charge in [-0.3, -0.25) is 0 Å². The van der Waals surface area contributed by atoms with Crippen molar-refractivity contribution < 1.29 is 47.0 Å². The molecule has 0 saturated carbocycles. The van der Waals surface area contributed by atoms with Gasteiger partial charge >= 0.3 is 148 Å². The molecule has 6 heteroatoms. The number of benzene rings is 1. The second-order valence-electron chi connectivity index (χ2n) is 7.64. The van der Waals surface area contributed by atoms with Gasteiger partial charge in [-0.2, -0.15) is 0 Å². The maximum Gasteiger partial charge on any atom is -1.00 e. The maximum absolute atomic E-state index is 13.0. The molecule has 0 aromatic heterocycles. The van der Waals surface area contributed by atoms with Crippen molar-refractivity contribution in [2.75, 3.05) is 0 Å². The van der Waals surface area contributed by atoms with Crippen molar-refractivity contribution in [1.29, 1.82) is 0 Å². The Kier molecular flexibility index (Phi) is 10.00. The van der Waals surface area contributed by atoms with Crippen molar-refractivity contribution in [3.63, 3.8) is 0 Å². The van der Waals surface area contributed by atoms with Crippen LogP contribution in [0.2, 0.25) is 13.1 Å². The summed E-state index contributed by atoms with van der Waals surface area (Å²) in [6.07, 6.45) is 5.65. The van der Waals surface area contributed by atoms with Crippen LogP contribution in [0.1, 0.15) is 50.0 Å². The third-order valence-electron chi connectivity index (χ3n) is 4.20. The first-order chi connectivity index (χ1) is 10.7. The molecule has 0 spiro atoms. The number of halogens is 2.